The predicted molar refractivity (Wildman–Crippen MR) is 30.0 cm³/mol. The fourth-order valence-electron chi connectivity index (χ4n) is 0.629. The van der Waals surface area contributed by atoms with E-state index in [1.807, 2.05) is 0 Å². The second-order valence-corrected chi connectivity index (χ2v) is 1.78. The third kappa shape index (κ3) is 1.29. The Morgan fingerprint density at radius 2 is 1.86 bits per heavy atom. The molecule has 0 atom stereocenters. The van der Waals surface area contributed by atoms with Crippen molar-refractivity contribution in [3.8, 4) is 0 Å². The molecule has 0 aromatic rings. The summed E-state index contributed by atoms with van der Waals surface area (Å²) in [5, 5.41) is 6.25. The molecule has 0 aliphatic carbocycles. The normalized spacial score (nSPS) is 22.6. The molecule has 1 aliphatic rings. The van der Waals surface area contributed by atoms with Gasteiger partial charge in [-0.25, -0.2) is 0 Å². The van der Waals surface area contributed by atoms with Crippen LogP contribution in [0.4, 0.5) is 0 Å². The van der Waals surface area contributed by atoms with Gasteiger partial charge < -0.3 is 10.6 Å². The van der Waals surface area contributed by atoms with Crippen molar-refractivity contribution in [3.05, 3.63) is 12.2 Å². The molecule has 0 amide bonds. The number of nitrogens with one attached hydrogen (secondary N) is 2. The van der Waals surface area contributed by atoms with Gasteiger partial charge in [0.2, 0.25) is 0 Å². The van der Waals surface area contributed by atoms with Crippen LogP contribution in [-0.2, 0) is 0 Å². The van der Waals surface area contributed by atoms with E-state index in [2.05, 4.69) is 17.2 Å². The van der Waals surface area contributed by atoms with E-state index in [0.29, 0.717) is 0 Å². The lowest BCUT2D eigenvalue weighted by molar-refractivity contribution is 0.572. The quantitative estimate of drug-likeness (QED) is 0.406. The molecule has 2 N–H and O–H groups in total. The Kier molecular flexibility index (Phi) is 1.44. The fraction of sp³-hybridized carbons (Fsp3) is 0.600. The van der Waals surface area contributed by atoms with E-state index in [0.717, 1.165) is 19.8 Å². The van der Waals surface area contributed by atoms with Gasteiger partial charge in [0.25, 0.3) is 0 Å². The summed E-state index contributed by atoms with van der Waals surface area (Å²) in [6, 6.07) is 0. The highest BCUT2D eigenvalue weighted by Crippen LogP contribution is 1.86. The summed E-state index contributed by atoms with van der Waals surface area (Å²) in [6.45, 7) is 6.68. The summed E-state index contributed by atoms with van der Waals surface area (Å²) < 4.78 is 0. The molecule has 7 heavy (non-hydrogen) atoms. The lowest BCUT2D eigenvalue weighted by atomic mass is 10.3. The molecule has 0 saturated carbocycles. The van der Waals surface area contributed by atoms with E-state index in [4.69, 9.17) is 0 Å². The largest absolute Gasteiger partial charge is 0.301 e. The van der Waals surface area contributed by atoms with Crippen LogP contribution in [0.15, 0.2) is 12.2 Å². The minimum absolute atomic E-state index is 0.930. The van der Waals surface area contributed by atoms with Crippen molar-refractivity contribution in [2.45, 2.75) is 0 Å². The van der Waals surface area contributed by atoms with Crippen LogP contribution in [0.25, 0.3) is 0 Å². The molecule has 1 fully saturated rings. The van der Waals surface area contributed by atoms with Crippen molar-refractivity contribution in [1.82, 2.24) is 10.6 Å². The number of hydrogen-bond donors (Lipinski definition) is 2. The molecule has 1 saturated heterocycles. The smallest absolute Gasteiger partial charge is 0.0459 e. The van der Waals surface area contributed by atoms with Crippen LogP contribution in [-0.4, -0.2) is 19.8 Å². The first kappa shape index (κ1) is 4.81. The summed E-state index contributed by atoms with van der Waals surface area (Å²) in [7, 11) is 0. The topological polar surface area (TPSA) is 24.1 Å². The molecule has 0 unspecified atom stereocenters. The van der Waals surface area contributed by atoms with Crippen LogP contribution >= 0.6 is 0 Å². The molecule has 0 spiro atoms. The average molecular weight is 98.1 g/mol. The second kappa shape index (κ2) is 2.09. The van der Waals surface area contributed by atoms with Crippen LogP contribution in [0, 0.1) is 0 Å². The van der Waals surface area contributed by atoms with Crippen LogP contribution in [0.2, 0.25) is 0 Å². The molecular formula is C5H10N2. The van der Waals surface area contributed by atoms with Gasteiger partial charge in [0.15, 0.2) is 0 Å². The Morgan fingerprint density at radius 3 is 2.14 bits per heavy atom. The van der Waals surface area contributed by atoms with E-state index >= 15 is 0 Å². The Bertz CT molecular complexity index is 70.1. The maximum absolute atomic E-state index is 3.79. The van der Waals surface area contributed by atoms with Gasteiger partial charge >= 0.3 is 0 Å². The van der Waals surface area contributed by atoms with E-state index in [1.54, 1.807) is 0 Å². The van der Waals surface area contributed by atoms with E-state index in [9.17, 15) is 0 Å². The summed E-state index contributed by atoms with van der Waals surface area (Å²) in [5.74, 6) is 0. The van der Waals surface area contributed by atoms with Gasteiger partial charge in [0, 0.05) is 19.8 Å². The van der Waals surface area contributed by atoms with Gasteiger partial charge in [-0.3, -0.25) is 0 Å². The van der Waals surface area contributed by atoms with E-state index in [-0.39, 0.29) is 0 Å². The number of hydrogen-bond acceptors (Lipinski definition) is 2. The highest BCUT2D eigenvalue weighted by Gasteiger charge is 1.97. The Balaban J connectivity index is 2.25. The van der Waals surface area contributed by atoms with Crippen molar-refractivity contribution in [2.24, 2.45) is 0 Å². The molecule has 1 heterocycles. The van der Waals surface area contributed by atoms with Gasteiger partial charge in [-0.15, -0.1) is 0 Å². The second-order valence-electron chi connectivity index (χ2n) is 1.78. The lowest BCUT2D eigenvalue weighted by Crippen LogP contribution is -2.38. The van der Waals surface area contributed by atoms with Gasteiger partial charge in [0.05, 0.1) is 0 Å². The standard InChI is InChI=1S/C5H10N2/c1-5-2-6-4-7-3-5/h6-7H,1-4H2. The average Bonchev–Trinajstić information content (AvgIpc) is 1.69. The first-order chi connectivity index (χ1) is 3.39. The Morgan fingerprint density at radius 1 is 1.29 bits per heavy atom. The molecule has 2 heteroatoms. The van der Waals surface area contributed by atoms with Gasteiger partial charge in [0.1, 0.15) is 0 Å². The minimum atomic E-state index is 0.930. The van der Waals surface area contributed by atoms with Gasteiger partial charge in [-0.05, 0) is 5.57 Å². The van der Waals surface area contributed by atoms with Crippen molar-refractivity contribution in [2.75, 3.05) is 19.8 Å². The molecular weight excluding hydrogens is 88.1 g/mol. The molecule has 40 valence electrons. The Hall–Kier alpha value is -0.340. The molecule has 0 aromatic heterocycles. The Labute approximate surface area is 43.6 Å². The van der Waals surface area contributed by atoms with Crippen LogP contribution < -0.4 is 10.6 Å². The zero-order chi connectivity index (χ0) is 5.11. The van der Waals surface area contributed by atoms with E-state index < -0.39 is 0 Å². The summed E-state index contributed by atoms with van der Waals surface area (Å²) >= 11 is 0. The summed E-state index contributed by atoms with van der Waals surface area (Å²) in [5.41, 5.74) is 1.24. The third-order valence-corrected chi connectivity index (χ3v) is 1.000. The maximum atomic E-state index is 3.79. The van der Waals surface area contributed by atoms with E-state index in [1.165, 1.54) is 5.57 Å². The highest BCUT2D eigenvalue weighted by atomic mass is 15.1. The number of rotatable bonds is 0. The van der Waals surface area contributed by atoms with Crippen molar-refractivity contribution < 1.29 is 0 Å². The monoisotopic (exact) mass is 98.1 g/mol. The predicted octanol–water partition coefficient (Wildman–Crippen LogP) is -0.307. The van der Waals surface area contributed by atoms with Gasteiger partial charge in [-0.1, -0.05) is 6.58 Å². The third-order valence-electron chi connectivity index (χ3n) is 1.000. The minimum Gasteiger partial charge on any atom is -0.301 e. The van der Waals surface area contributed by atoms with Gasteiger partial charge in [-0.2, -0.15) is 0 Å². The van der Waals surface area contributed by atoms with Crippen LogP contribution in [0.1, 0.15) is 0 Å². The van der Waals surface area contributed by atoms with Crippen LogP contribution in [0.5, 0.6) is 0 Å². The van der Waals surface area contributed by atoms with Crippen molar-refractivity contribution in [3.63, 3.8) is 0 Å². The molecule has 0 bridgehead atoms. The first-order valence-corrected chi connectivity index (χ1v) is 2.47. The summed E-state index contributed by atoms with van der Waals surface area (Å²) in [4.78, 5) is 0. The summed E-state index contributed by atoms with van der Waals surface area (Å²) in [6.07, 6.45) is 0. The SMILES string of the molecule is C=C1CNCNC1. The lowest BCUT2D eigenvalue weighted by Gasteiger charge is -2.14. The molecule has 2 nitrogen and oxygen atoms in total. The molecule has 1 rings (SSSR count). The van der Waals surface area contributed by atoms with Crippen molar-refractivity contribution >= 4 is 0 Å². The molecule has 0 aromatic carbocycles. The maximum Gasteiger partial charge on any atom is 0.0459 e. The molecule has 0 radical (unpaired) electrons. The van der Waals surface area contributed by atoms with Crippen molar-refractivity contribution in [1.29, 1.82) is 0 Å². The molecule has 1 aliphatic heterocycles. The zero-order valence-corrected chi connectivity index (χ0v) is 4.33. The van der Waals surface area contributed by atoms with Crippen LogP contribution in [0.3, 0.4) is 0 Å². The first-order valence-electron chi connectivity index (χ1n) is 2.47. The highest BCUT2D eigenvalue weighted by molar-refractivity contribution is 5.00. The zero-order valence-electron chi connectivity index (χ0n) is 4.33. The fourth-order valence-corrected chi connectivity index (χ4v) is 0.629.